The van der Waals surface area contributed by atoms with E-state index in [2.05, 4.69) is 61.5 Å². The summed E-state index contributed by atoms with van der Waals surface area (Å²) in [6.45, 7) is 4.12. The highest BCUT2D eigenvalue weighted by molar-refractivity contribution is 5.92. The van der Waals surface area contributed by atoms with Crippen LogP contribution < -0.4 is 14.2 Å². The fourth-order valence-corrected chi connectivity index (χ4v) is 2.98. The predicted molar refractivity (Wildman–Crippen MR) is 113 cm³/mol. The standard InChI is InChI=1S/C24H26O3/c1-5-17(2)27-24-22(25-3)15-18(16-23(24)26-4)13-14-20-11-8-10-19-9-6-7-12-21(19)20/h6-17H,5H2,1-4H3/b14-13+. The Morgan fingerprint density at radius 3 is 2.22 bits per heavy atom. The Bertz CT molecular complexity index is 913. The van der Waals surface area contributed by atoms with Gasteiger partial charge in [0, 0.05) is 0 Å². The molecule has 0 aliphatic rings. The second-order valence-electron chi connectivity index (χ2n) is 6.49. The highest BCUT2D eigenvalue weighted by Crippen LogP contribution is 2.40. The zero-order chi connectivity index (χ0) is 19.2. The molecule has 0 aliphatic carbocycles. The van der Waals surface area contributed by atoms with Crippen molar-refractivity contribution in [1.82, 2.24) is 0 Å². The smallest absolute Gasteiger partial charge is 0.203 e. The fourth-order valence-electron chi connectivity index (χ4n) is 2.98. The summed E-state index contributed by atoms with van der Waals surface area (Å²) in [5.74, 6) is 2.00. The average molecular weight is 362 g/mol. The van der Waals surface area contributed by atoms with Gasteiger partial charge in [-0.15, -0.1) is 0 Å². The molecule has 0 fully saturated rings. The minimum atomic E-state index is 0.0878. The van der Waals surface area contributed by atoms with Crippen molar-refractivity contribution in [3.63, 3.8) is 0 Å². The van der Waals surface area contributed by atoms with E-state index in [1.54, 1.807) is 14.2 Å². The van der Waals surface area contributed by atoms with Gasteiger partial charge < -0.3 is 14.2 Å². The molecule has 0 spiro atoms. The Hall–Kier alpha value is -2.94. The van der Waals surface area contributed by atoms with Crippen LogP contribution in [0.25, 0.3) is 22.9 Å². The Kier molecular flexibility index (Phi) is 6.02. The number of hydrogen-bond acceptors (Lipinski definition) is 3. The number of benzene rings is 3. The number of ether oxygens (including phenoxy) is 3. The van der Waals surface area contributed by atoms with Crippen LogP contribution in [-0.2, 0) is 0 Å². The largest absolute Gasteiger partial charge is 0.493 e. The average Bonchev–Trinajstić information content (AvgIpc) is 2.72. The third-order valence-corrected chi connectivity index (χ3v) is 4.66. The third-order valence-electron chi connectivity index (χ3n) is 4.66. The van der Waals surface area contributed by atoms with E-state index in [1.807, 2.05) is 19.1 Å². The molecule has 3 heteroatoms. The summed E-state index contributed by atoms with van der Waals surface area (Å²) >= 11 is 0. The molecular formula is C24H26O3. The summed E-state index contributed by atoms with van der Waals surface area (Å²) in [5, 5.41) is 2.46. The van der Waals surface area contributed by atoms with E-state index in [-0.39, 0.29) is 6.10 Å². The maximum Gasteiger partial charge on any atom is 0.203 e. The first-order valence-electron chi connectivity index (χ1n) is 9.24. The van der Waals surface area contributed by atoms with Gasteiger partial charge in [-0.2, -0.15) is 0 Å². The van der Waals surface area contributed by atoms with Crippen molar-refractivity contribution < 1.29 is 14.2 Å². The van der Waals surface area contributed by atoms with Crippen LogP contribution in [0.3, 0.4) is 0 Å². The molecule has 1 unspecified atom stereocenters. The van der Waals surface area contributed by atoms with Gasteiger partial charge in [0.05, 0.1) is 20.3 Å². The summed E-state index contributed by atoms with van der Waals surface area (Å²) in [6, 6.07) is 18.6. The molecular weight excluding hydrogens is 336 g/mol. The van der Waals surface area contributed by atoms with Gasteiger partial charge in [-0.1, -0.05) is 61.5 Å². The first-order chi connectivity index (χ1) is 13.2. The van der Waals surface area contributed by atoms with Gasteiger partial charge in [0.25, 0.3) is 0 Å². The molecule has 0 aliphatic heterocycles. The van der Waals surface area contributed by atoms with Gasteiger partial charge in [-0.05, 0) is 47.4 Å². The van der Waals surface area contributed by atoms with E-state index >= 15 is 0 Å². The maximum atomic E-state index is 6.01. The van der Waals surface area contributed by atoms with Crippen LogP contribution in [0.2, 0.25) is 0 Å². The Morgan fingerprint density at radius 1 is 0.889 bits per heavy atom. The van der Waals surface area contributed by atoms with Crippen molar-refractivity contribution in [2.45, 2.75) is 26.4 Å². The molecule has 3 aromatic rings. The lowest BCUT2D eigenvalue weighted by molar-refractivity contribution is 0.198. The molecule has 140 valence electrons. The van der Waals surface area contributed by atoms with Crippen LogP contribution in [0.1, 0.15) is 31.4 Å². The summed E-state index contributed by atoms with van der Waals surface area (Å²) in [5.41, 5.74) is 2.17. The van der Waals surface area contributed by atoms with E-state index in [4.69, 9.17) is 14.2 Å². The first kappa shape index (κ1) is 18.8. The van der Waals surface area contributed by atoms with Crippen molar-refractivity contribution >= 4 is 22.9 Å². The molecule has 0 saturated heterocycles. The van der Waals surface area contributed by atoms with Gasteiger partial charge in [0.2, 0.25) is 5.75 Å². The molecule has 0 amide bonds. The summed E-state index contributed by atoms with van der Waals surface area (Å²) in [6.07, 6.45) is 5.19. The van der Waals surface area contributed by atoms with Gasteiger partial charge in [-0.25, -0.2) is 0 Å². The van der Waals surface area contributed by atoms with Crippen LogP contribution in [0.5, 0.6) is 17.2 Å². The Balaban J connectivity index is 1.98. The second kappa shape index (κ2) is 8.63. The van der Waals surface area contributed by atoms with E-state index in [1.165, 1.54) is 16.3 Å². The number of hydrogen-bond donors (Lipinski definition) is 0. The van der Waals surface area contributed by atoms with Crippen LogP contribution >= 0.6 is 0 Å². The lowest BCUT2D eigenvalue weighted by Crippen LogP contribution is -2.11. The number of fused-ring (bicyclic) bond motifs is 1. The van der Waals surface area contributed by atoms with Crippen molar-refractivity contribution in [3.05, 3.63) is 65.7 Å². The second-order valence-corrected chi connectivity index (χ2v) is 6.49. The van der Waals surface area contributed by atoms with E-state index in [0.717, 1.165) is 12.0 Å². The Labute approximate surface area is 161 Å². The summed E-state index contributed by atoms with van der Waals surface area (Å²) < 4.78 is 17.1. The minimum Gasteiger partial charge on any atom is -0.493 e. The molecule has 0 saturated carbocycles. The molecule has 3 nitrogen and oxygen atoms in total. The summed E-state index contributed by atoms with van der Waals surface area (Å²) in [7, 11) is 3.30. The molecule has 3 rings (SSSR count). The minimum absolute atomic E-state index is 0.0878. The molecule has 0 bridgehead atoms. The van der Waals surface area contributed by atoms with Gasteiger partial charge in [0.1, 0.15) is 0 Å². The molecule has 3 aromatic carbocycles. The first-order valence-corrected chi connectivity index (χ1v) is 9.24. The van der Waals surface area contributed by atoms with E-state index in [9.17, 15) is 0 Å². The van der Waals surface area contributed by atoms with E-state index < -0.39 is 0 Å². The lowest BCUT2D eigenvalue weighted by atomic mass is 10.0. The van der Waals surface area contributed by atoms with Crippen molar-refractivity contribution in [1.29, 1.82) is 0 Å². The molecule has 0 heterocycles. The molecule has 1 atom stereocenters. The van der Waals surface area contributed by atoms with Crippen LogP contribution in [0.15, 0.2) is 54.6 Å². The van der Waals surface area contributed by atoms with E-state index in [0.29, 0.717) is 17.2 Å². The zero-order valence-corrected chi connectivity index (χ0v) is 16.4. The topological polar surface area (TPSA) is 27.7 Å². The van der Waals surface area contributed by atoms with Crippen molar-refractivity contribution in [2.75, 3.05) is 14.2 Å². The fraction of sp³-hybridized carbons (Fsp3) is 0.250. The molecule has 27 heavy (non-hydrogen) atoms. The quantitative estimate of drug-likeness (QED) is 0.468. The van der Waals surface area contributed by atoms with Gasteiger partial charge >= 0.3 is 0 Å². The van der Waals surface area contributed by atoms with Gasteiger partial charge in [0.15, 0.2) is 11.5 Å². The molecule has 0 aromatic heterocycles. The maximum absolute atomic E-state index is 6.01. The normalized spacial score (nSPS) is 12.3. The lowest BCUT2D eigenvalue weighted by Gasteiger charge is -2.18. The van der Waals surface area contributed by atoms with Crippen molar-refractivity contribution in [3.8, 4) is 17.2 Å². The highest BCUT2D eigenvalue weighted by atomic mass is 16.5. The number of rotatable bonds is 7. The molecule has 0 N–H and O–H groups in total. The van der Waals surface area contributed by atoms with Crippen LogP contribution in [0, 0.1) is 0 Å². The zero-order valence-electron chi connectivity index (χ0n) is 16.4. The highest BCUT2D eigenvalue weighted by Gasteiger charge is 2.15. The third kappa shape index (κ3) is 4.25. The monoisotopic (exact) mass is 362 g/mol. The van der Waals surface area contributed by atoms with Crippen molar-refractivity contribution in [2.24, 2.45) is 0 Å². The SMILES string of the molecule is CCC(C)Oc1c(OC)cc(/C=C/c2cccc3ccccc23)cc1OC. The van der Waals surface area contributed by atoms with Crippen LogP contribution in [0.4, 0.5) is 0 Å². The molecule has 0 radical (unpaired) electrons. The summed E-state index contributed by atoms with van der Waals surface area (Å²) in [4.78, 5) is 0. The van der Waals surface area contributed by atoms with Crippen LogP contribution in [-0.4, -0.2) is 20.3 Å². The Morgan fingerprint density at radius 2 is 1.56 bits per heavy atom. The van der Waals surface area contributed by atoms with Gasteiger partial charge in [-0.3, -0.25) is 0 Å². The number of methoxy groups -OCH3 is 2. The predicted octanol–water partition coefficient (Wildman–Crippen LogP) is 6.20.